The number of nitrogens with one attached hydrogen (secondary N) is 1. The molecule has 0 aromatic carbocycles. The Balaban J connectivity index is 2.10. The molecule has 0 spiro atoms. The number of aliphatic hydroxyl groups is 1. The van der Waals surface area contributed by atoms with E-state index in [9.17, 15) is 4.79 Å². The van der Waals surface area contributed by atoms with Crippen molar-refractivity contribution in [1.82, 2.24) is 15.2 Å². The summed E-state index contributed by atoms with van der Waals surface area (Å²) in [5, 5.41) is 19.4. The van der Waals surface area contributed by atoms with Gasteiger partial charge in [-0.15, -0.1) is 11.3 Å². The van der Waals surface area contributed by atoms with Crippen LogP contribution in [-0.2, 0) is 6.42 Å². The third-order valence-electron chi connectivity index (χ3n) is 2.30. The van der Waals surface area contributed by atoms with Gasteiger partial charge < -0.3 is 5.11 Å². The molecule has 7 heteroatoms. The molecule has 0 aliphatic carbocycles. The van der Waals surface area contributed by atoms with Gasteiger partial charge >= 0.3 is 0 Å². The summed E-state index contributed by atoms with van der Waals surface area (Å²) in [6.45, 7) is 1.93. The summed E-state index contributed by atoms with van der Waals surface area (Å²) in [7, 11) is 0. The molecule has 2 N–H and O–H groups in total. The number of nitrogens with zero attached hydrogens (tertiary/aromatic N) is 3. The predicted octanol–water partition coefficient (Wildman–Crippen LogP) is 1.03. The molecule has 0 saturated heterocycles. The van der Waals surface area contributed by atoms with Gasteiger partial charge in [-0.25, -0.2) is 4.98 Å². The van der Waals surface area contributed by atoms with E-state index in [2.05, 4.69) is 20.5 Å². The zero-order chi connectivity index (χ0) is 13.0. The summed E-state index contributed by atoms with van der Waals surface area (Å²) < 4.78 is 0. The van der Waals surface area contributed by atoms with E-state index in [4.69, 9.17) is 5.11 Å². The van der Waals surface area contributed by atoms with Gasteiger partial charge in [0.05, 0.1) is 23.7 Å². The number of rotatable bonds is 4. The summed E-state index contributed by atoms with van der Waals surface area (Å²) in [5.74, 6) is -0.269. The molecule has 2 rings (SSSR count). The second-order valence-corrected chi connectivity index (χ2v) is 4.67. The standard InChI is InChI=1S/C11H12N4O2S/c1-7-9(3-5-16)18-11(14-7)15-10(17)8-2-4-12-13-6-8/h2,4,6,16H,3,5H2,1H3,(H,14,15,17). The lowest BCUT2D eigenvalue weighted by molar-refractivity contribution is 0.102. The van der Waals surface area contributed by atoms with Crippen LogP contribution in [0.2, 0.25) is 0 Å². The van der Waals surface area contributed by atoms with Crippen molar-refractivity contribution < 1.29 is 9.90 Å². The number of carbonyl (C=O) groups is 1. The number of hydrogen-bond acceptors (Lipinski definition) is 6. The molecule has 0 radical (unpaired) electrons. The first kappa shape index (κ1) is 12.6. The third-order valence-corrected chi connectivity index (χ3v) is 3.43. The molecule has 0 unspecified atom stereocenters. The van der Waals surface area contributed by atoms with Crippen molar-refractivity contribution in [3.05, 3.63) is 34.6 Å². The molecule has 2 heterocycles. The number of thiazole rings is 1. The fraction of sp³-hybridized carbons (Fsp3) is 0.273. The maximum Gasteiger partial charge on any atom is 0.259 e. The number of aromatic nitrogens is 3. The van der Waals surface area contributed by atoms with Gasteiger partial charge in [-0.2, -0.15) is 10.2 Å². The Morgan fingerprint density at radius 3 is 3.00 bits per heavy atom. The Morgan fingerprint density at radius 2 is 2.33 bits per heavy atom. The normalized spacial score (nSPS) is 10.3. The molecule has 2 aromatic rings. The second-order valence-electron chi connectivity index (χ2n) is 3.59. The van der Waals surface area contributed by atoms with E-state index in [0.29, 0.717) is 17.1 Å². The zero-order valence-corrected chi connectivity index (χ0v) is 10.6. The Kier molecular flexibility index (Phi) is 3.96. The van der Waals surface area contributed by atoms with Crippen LogP contribution < -0.4 is 5.32 Å². The molecule has 0 aliphatic rings. The number of amides is 1. The number of aryl methyl sites for hydroxylation is 1. The molecule has 0 bridgehead atoms. The monoisotopic (exact) mass is 264 g/mol. The second kappa shape index (κ2) is 5.65. The summed E-state index contributed by atoms with van der Waals surface area (Å²) in [6.07, 6.45) is 3.40. The van der Waals surface area contributed by atoms with Gasteiger partial charge in [-0.3, -0.25) is 10.1 Å². The van der Waals surface area contributed by atoms with E-state index >= 15 is 0 Å². The fourth-order valence-corrected chi connectivity index (χ4v) is 2.36. The minimum Gasteiger partial charge on any atom is -0.396 e. The Labute approximate surface area is 108 Å². The van der Waals surface area contributed by atoms with Crippen molar-refractivity contribution in [3.8, 4) is 0 Å². The quantitative estimate of drug-likeness (QED) is 0.861. The highest BCUT2D eigenvalue weighted by molar-refractivity contribution is 7.15. The van der Waals surface area contributed by atoms with E-state index in [1.807, 2.05) is 6.92 Å². The van der Waals surface area contributed by atoms with Gasteiger partial charge in [0.25, 0.3) is 5.91 Å². The lowest BCUT2D eigenvalue weighted by atomic mass is 10.3. The van der Waals surface area contributed by atoms with Crippen LogP contribution in [0, 0.1) is 6.92 Å². The van der Waals surface area contributed by atoms with Crippen LogP contribution in [0.1, 0.15) is 20.9 Å². The van der Waals surface area contributed by atoms with Crippen LogP contribution in [0.25, 0.3) is 0 Å². The van der Waals surface area contributed by atoms with Gasteiger partial charge in [-0.1, -0.05) is 0 Å². The van der Waals surface area contributed by atoms with Crippen LogP contribution in [-0.4, -0.2) is 32.8 Å². The third kappa shape index (κ3) is 2.88. The first-order valence-corrected chi connectivity index (χ1v) is 6.17. The van der Waals surface area contributed by atoms with Gasteiger partial charge in [0.1, 0.15) is 0 Å². The molecule has 0 atom stereocenters. The van der Waals surface area contributed by atoms with Gasteiger partial charge in [0.2, 0.25) is 0 Å². The van der Waals surface area contributed by atoms with Crippen molar-refractivity contribution in [2.24, 2.45) is 0 Å². The first-order chi connectivity index (χ1) is 8.70. The highest BCUT2D eigenvalue weighted by atomic mass is 32.1. The smallest absolute Gasteiger partial charge is 0.259 e. The van der Waals surface area contributed by atoms with Crippen molar-refractivity contribution in [2.75, 3.05) is 11.9 Å². The summed E-state index contributed by atoms with van der Waals surface area (Å²) in [4.78, 5) is 17.0. The maximum atomic E-state index is 11.8. The molecule has 94 valence electrons. The number of anilines is 1. The summed E-state index contributed by atoms with van der Waals surface area (Å²) in [6, 6.07) is 1.58. The van der Waals surface area contributed by atoms with E-state index in [-0.39, 0.29) is 12.5 Å². The topological polar surface area (TPSA) is 88.0 Å². The molecular weight excluding hydrogens is 252 g/mol. The van der Waals surface area contributed by atoms with Crippen molar-refractivity contribution >= 4 is 22.4 Å². The fourth-order valence-electron chi connectivity index (χ4n) is 1.41. The molecule has 18 heavy (non-hydrogen) atoms. The van der Waals surface area contributed by atoms with Gasteiger partial charge in [0.15, 0.2) is 5.13 Å². The van der Waals surface area contributed by atoms with E-state index in [1.54, 1.807) is 6.07 Å². The zero-order valence-electron chi connectivity index (χ0n) is 9.75. The molecule has 0 saturated carbocycles. The minimum atomic E-state index is -0.269. The highest BCUT2D eigenvalue weighted by Crippen LogP contribution is 2.23. The Morgan fingerprint density at radius 1 is 1.50 bits per heavy atom. The van der Waals surface area contributed by atoms with Crippen LogP contribution in [0.5, 0.6) is 0 Å². The number of hydrogen-bond donors (Lipinski definition) is 2. The number of aliphatic hydroxyl groups excluding tert-OH is 1. The lowest BCUT2D eigenvalue weighted by Gasteiger charge is -1.99. The Hall–Kier alpha value is -1.86. The maximum absolute atomic E-state index is 11.8. The lowest BCUT2D eigenvalue weighted by Crippen LogP contribution is -2.12. The van der Waals surface area contributed by atoms with Gasteiger partial charge in [-0.05, 0) is 13.0 Å². The van der Waals surface area contributed by atoms with Crippen LogP contribution in [0.15, 0.2) is 18.5 Å². The SMILES string of the molecule is Cc1nc(NC(=O)c2ccnnc2)sc1CCO. The Bertz CT molecular complexity index is 541. The molecule has 0 fully saturated rings. The van der Waals surface area contributed by atoms with Crippen LogP contribution in [0.4, 0.5) is 5.13 Å². The average molecular weight is 264 g/mol. The summed E-state index contributed by atoms with van der Waals surface area (Å²) in [5.41, 5.74) is 1.26. The summed E-state index contributed by atoms with van der Waals surface area (Å²) >= 11 is 1.37. The first-order valence-electron chi connectivity index (χ1n) is 5.36. The van der Waals surface area contributed by atoms with Crippen LogP contribution in [0.3, 0.4) is 0 Å². The predicted molar refractivity (Wildman–Crippen MR) is 67.6 cm³/mol. The molecule has 1 amide bonds. The van der Waals surface area contributed by atoms with E-state index < -0.39 is 0 Å². The molecule has 2 aromatic heterocycles. The molecule has 0 aliphatic heterocycles. The van der Waals surface area contributed by atoms with Crippen LogP contribution >= 0.6 is 11.3 Å². The van der Waals surface area contributed by atoms with E-state index in [1.165, 1.54) is 23.7 Å². The minimum absolute atomic E-state index is 0.0741. The highest BCUT2D eigenvalue weighted by Gasteiger charge is 2.11. The van der Waals surface area contributed by atoms with Crippen molar-refractivity contribution in [3.63, 3.8) is 0 Å². The van der Waals surface area contributed by atoms with Crippen molar-refractivity contribution in [2.45, 2.75) is 13.3 Å². The van der Waals surface area contributed by atoms with E-state index in [0.717, 1.165) is 10.6 Å². The molecular formula is C11H12N4O2S. The molecule has 6 nitrogen and oxygen atoms in total. The number of carbonyl (C=O) groups excluding carboxylic acids is 1. The average Bonchev–Trinajstić information content (AvgIpc) is 2.71. The largest absolute Gasteiger partial charge is 0.396 e. The van der Waals surface area contributed by atoms with Crippen molar-refractivity contribution in [1.29, 1.82) is 0 Å². The van der Waals surface area contributed by atoms with Gasteiger partial charge in [0, 0.05) is 17.9 Å².